The summed E-state index contributed by atoms with van der Waals surface area (Å²) >= 11 is 0. The molecule has 1 saturated heterocycles. The number of fused-ring (bicyclic) bond motifs is 3. The topological polar surface area (TPSA) is 48.4 Å². The Kier molecular flexibility index (Phi) is 2.56. The van der Waals surface area contributed by atoms with E-state index in [2.05, 4.69) is 28.2 Å². The van der Waals surface area contributed by atoms with Crippen LogP contribution in [0, 0.1) is 0 Å². The third-order valence-corrected chi connectivity index (χ3v) is 3.79. The highest BCUT2D eigenvalue weighted by Crippen LogP contribution is 2.34. The van der Waals surface area contributed by atoms with Crippen molar-refractivity contribution in [3.8, 4) is 0 Å². The minimum Gasteiger partial charge on any atom is -0.387 e. The number of piperazine rings is 1. The van der Waals surface area contributed by atoms with Crippen molar-refractivity contribution in [2.24, 2.45) is 0 Å². The zero-order chi connectivity index (χ0) is 12.0. The first-order valence-corrected chi connectivity index (χ1v) is 6.33. The van der Waals surface area contributed by atoms with Gasteiger partial charge in [0.1, 0.15) is 5.82 Å². The fourth-order valence-electron chi connectivity index (χ4n) is 2.93. The fourth-order valence-corrected chi connectivity index (χ4v) is 2.93. The Balaban J connectivity index is 2.00. The smallest absolute Gasteiger partial charge is 0.132 e. The van der Waals surface area contributed by atoms with Gasteiger partial charge in [-0.3, -0.25) is 0 Å². The molecule has 0 aromatic carbocycles. The lowest BCUT2D eigenvalue weighted by molar-refractivity contribution is 0.194. The lowest BCUT2D eigenvalue weighted by Crippen LogP contribution is -2.55. The lowest BCUT2D eigenvalue weighted by Gasteiger charge is -2.37. The first-order valence-electron chi connectivity index (χ1n) is 6.33. The van der Waals surface area contributed by atoms with E-state index in [0.29, 0.717) is 12.1 Å². The van der Waals surface area contributed by atoms with Gasteiger partial charge in [0.2, 0.25) is 0 Å². The Hall–Kier alpha value is -1.13. The number of aliphatic hydroxyl groups excluding tert-OH is 1. The van der Waals surface area contributed by atoms with E-state index in [0.717, 1.165) is 31.0 Å². The highest BCUT2D eigenvalue weighted by molar-refractivity contribution is 5.56. The monoisotopic (exact) mass is 233 g/mol. The van der Waals surface area contributed by atoms with Gasteiger partial charge in [-0.1, -0.05) is 6.07 Å². The Bertz CT molecular complexity index is 433. The van der Waals surface area contributed by atoms with Crippen LogP contribution in [0.15, 0.2) is 12.1 Å². The summed E-state index contributed by atoms with van der Waals surface area (Å²) in [4.78, 5) is 7.05. The molecular weight excluding hydrogens is 214 g/mol. The molecular formula is C13H19N3O. The number of rotatable bonds is 1. The molecule has 0 saturated carbocycles. The molecule has 4 heteroatoms. The van der Waals surface area contributed by atoms with E-state index in [1.54, 1.807) is 6.92 Å². The van der Waals surface area contributed by atoms with Crippen LogP contribution >= 0.6 is 0 Å². The van der Waals surface area contributed by atoms with Crippen LogP contribution in [0.2, 0.25) is 0 Å². The molecule has 3 rings (SSSR count). The molecule has 3 atom stereocenters. The van der Waals surface area contributed by atoms with Crippen LogP contribution in [0.5, 0.6) is 0 Å². The van der Waals surface area contributed by atoms with Crippen molar-refractivity contribution in [3.05, 3.63) is 23.4 Å². The van der Waals surface area contributed by atoms with Gasteiger partial charge in [-0.15, -0.1) is 0 Å². The summed E-state index contributed by atoms with van der Waals surface area (Å²) in [5.41, 5.74) is 2.09. The highest BCUT2D eigenvalue weighted by Gasteiger charge is 2.36. The van der Waals surface area contributed by atoms with Crippen LogP contribution in [0.25, 0.3) is 0 Å². The number of nitrogens with one attached hydrogen (secondary N) is 1. The standard InChI is InChI=1S/C13H19N3O/c1-8-6-14-7-11-5-10-3-4-12(9(2)17)15-13(10)16(8)11/h3-4,8-9,11,14,17H,5-7H2,1-2H3/t8?,9-,11?/m1/s1. The van der Waals surface area contributed by atoms with Gasteiger partial charge in [-0.25, -0.2) is 4.98 Å². The molecule has 0 spiro atoms. The summed E-state index contributed by atoms with van der Waals surface area (Å²) in [5, 5.41) is 13.1. The van der Waals surface area contributed by atoms with Crippen molar-refractivity contribution >= 4 is 5.82 Å². The molecule has 1 aromatic heterocycles. The molecule has 0 amide bonds. The number of pyridine rings is 1. The molecule has 0 aliphatic carbocycles. The quantitative estimate of drug-likeness (QED) is 0.755. The minimum absolute atomic E-state index is 0.478. The first kappa shape index (κ1) is 11.0. The number of aliphatic hydroxyl groups is 1. The van der Waals surface area contributed by atoms with E-state index in [9.17, 15) is 5.11 Å². The molecule has 1 aromatic rings. The summed E-state index contributed by atoms with van der Waals surface area (Å²) in [6, 6.07) is 5.08. The summed E-state index contributed by atoms with van der Waals surface area (Å²) < 4.78 is 0. The summed E-state index contributed by atoms with van der Waals surface area (Å²) in [7, 11) is 0. The number of nitrogens with zero attached hydrogens (tertiary/aromatic N) is 2. The van der Waals surface area contributed by atoms with Crippen LogP contribution in [-0.4, -0.2) is 35.3 Å². The van der Waals surface area contributed by atoms with E-state index in [-0.39, 0.29) is 0 Å². The zero-order valence-corrected chi connectivity index (χ0v) is 10.3. The number of aromatic nitrogens is 1. The number of anilines is 1. The van der Waals surface area contributed by atoms with Gasteiger partial charge in [-0.2, -0.15) is 0 Å². The summed E-state index contributed by atoms with van der Waals surface area (Å²) in [6.45, 7) is 6.04. The molecule has 3 heterocycles. The van der Waals surface area contributed by atoms with Crippen molar-refractivity contribution < 1.29 is 5.11 Å². The van der Waals surface area contributed by atoms with Crippen molar-refractivity contribution in [3.63, 3.8) is 0 Å². The third kappa shape index (κ3) is 1.72. The van der Waals surface area contributed by atoms with Crippen LogP contribution in [0.3, 0.4) is 0 Å². The fraction of sp³-hybridized carbons (Fsp3) is 0.615. The molecule has 0 bridgehead atoms. The van der Waals surface area contributed by atoms with Gasteiger partial charge >= 0.3 is 0 Å². The van der Waals surface area contributed by atoms with Crippen molar-refractivity contribution in [1.29, 1.82) is 0 Å². The lowest BCUT2D eigenvalue weighted by atomic mass is 10.1. The SMILES string of the molecule is CC1CNCC2Cc3ccc([C@@H](C)O)nc3N12. The van der Waals surface area contributed by atoms with Gasteiger partial charge in [0.15, 0.2) is 0 Å². The molecule has 92 valence electrons. The van der Waals surface area contributed by atoms with Gasteiger partial charge in [-0.05, 0) is 31.9 Å². The predicted octanol–water partition coefficient (Wildman–Crippen LogP) is 0.858. The molecule has 1 fully saturated rings. The Morgan fingerprint density at radius 1 is 1.47 bits per heavy atom. The van der Waals surface area contributed by atoms with Gasteiger partial charge < -0.3 is 15.3 Å². The predicted molar refractivity (Wildman–Crippen MR) is 67.2 cm³/mol. The summed E-state index contributed by atoms with van der Waals surface area (Å²) in [6.07, 6.45) is 0.581. The van der Waals surface area contributed by atoms with Crippen LogP contribution in [0.1, 0.15) is 31.2 Å². The van der Waals surface area contributed by atoms with Crippen LogP contribution < -0.4 is 10.2 Å². The average Bonchev–Trinajstić information content (AvgIpc) is 2.67. The van der Waals surface area contributed by atoms with Crippen molar-refractivity contribution in [2.45, 2.75) is 38.5 Å². The second-order valence-corrected chi connectivity index (χ2v) is 5.17. The van der Waals surface area contributed by atoms with E-state index in [4.69, 9.17) is 0 Å². The molecule has 2 N–H and O–H groups in total. The molecule has 2 aliphatic heterocycles. The maximum absolute atomic E-state index is 9.62. The third-order valence-electron chi connectivity index (χ3n) is 3.79. The zero-order valence-electron chi connectivity index (χ0n) is 10.3. The van der Waals surface area contributed by atoms with Crippen molar-refractivity contribution in [2.75, 3.05) is 18.0 Å². The molecule has 4 nitrogen and oxygen atoms in total. The van der Waals surface area contributed by atoms with E-state index < -0.39 is 6.10 Å². The van der Waals surface area contributed by atoms with E-state index in [1.807, 2.05) is 6.07 Å². The Labute approximate surface area is 102 Å². The van der Waals surface area contributed by atoms with Crippen LogP contribution in [-0.2, 0) is 6.42 Å². The maximum atomic E-state index is 9.62. The summed E-state index contributed by atoms with van der Waals surface area (Å²) in [5.74, 6) is 1.09. The number of hydrogen-bond acceptors (Lipinski definition) is 4. The van der Waals surface area contributed by atoms with Gasteiger partial charge in [0.25, 0.3) is 0 Å². The van der Waals surface area contributed by atoms with E-state index in [1.165, 1.54) is 5.56 Å². The second kappa shape index (κ2) is 3.96. The molecule has 2 aliphatic rings. The first-order chi connectivity index (χ1) is 8.16. The molecule has 17 heavy (non-hydrogen) atoms. The maximum Gasteiger partial charge on any atom is 0.132 e. The van der Waals surface area contributed by atoms with E-state index >= 15 is 0 Å². The normalized spacial score (nSPS) is 28.8. The van der Waals surface area contributed by atoms with Crippen LogP contribution in [0.4, 0.5) is 5.82 Å². The second-order valence-electron chi connectivity index (χ2n) is 5.17. The highest BCUT2D eigenvalue weighted by atomic mass is 16.3. The number of hydrogen-bond donors (Lipinski definition) is 2. The Morgan fingerprint density at radius 3 is 3.06 bits per heavy atom. The largest absolute Gasteiger partial charge is 0.387 e. The van der Waals surface area contributed by atoms with Crippen molar-refractivity contribution in [1.82, 2.24) is 10.3 Å². The molecule has 2 unspecified atom stereocenters. The molecule has 0 radical (unpaired) electrons. The minimum atomic E-state index is -0.488. The average molecular weight is 233 g/mol. The van der Waals surface area contributed by atoms with Gasteiger partial charge in [0.05, 0.1) is 11.8 Å². The Morgan fingerprint density at radius 2 is 2.29 bits per heavy atom. The van der Waals surface area contributed by atoms with Gasteiger partial charge in [0, 0.05) is 25.2 Å².